The summed E-state index contributed by atoms with van der Waals surface area (Å²) in [6.07, 6.45) is 3.57. The summed E-state index contributed by atoms with van der Waals surface area (Å²) in [5.74, 6) is 0. The first-order valence-electron chi connectivity index (χ1n) is 6.79. The Morgan fingerprint density at radius 1 is 1.53 bits per heavy atom. The molecule has 1 atom stereocenters. The van der Waals surface area contributed by atoms with E-state index >= 15 is 0 Å². The van der Waals surface area contributed by atoms with E-state index in [4.69, 9.17) is 16.3 Å². The highest BCUT2D eigenvalue weighted by Gasteiger charge is 2.38. The maximum absolute atomic E-state index is 6.13. The highest BCUT2D eigenvalue weighted by molar-refractivity contribution is 6.30. The Morgan fingerprint density at radius 2 is 2.32 bits per heavy atom. The molecule has 1 aliphatic carbocycles. The fourth-order valence-corrected chi connectivity index (χ4v) is 3.06. The summed E-state index contributed by atoms with van der Waals surface area (Å²) in [6, 6.07) is 6.60. The number of hydrogen-bond donors (Lipinski definition) is 1. The summed E-state index contributed by atoms with van der Waals surface area (Å²) >= 11 is 6.13. The van der Waals surface area contributed by atoms with Gasteiger partial charge in [-0.05, 0) is 48.1 Å². The van der Waals surface area contributed by atoms with Gasteiger partial charge >= 0.3 is 0 Å². The Kier molecular flexibility index (Phi) is 4.54. The Hall–Kier alpha value is -0.990. The quantitative estimate of drug-likeness (QED) is 0.625. The molecule has 1 aliphatic rings. The number of fused-ring (bicyclic) bond motifs is 1. The van der Waals surface area contributed by atoms with Gasteiger partial charge in [-0.3, -0.25) is 0 Å². The van der Waals surface area contributed by atoms with Crippen molar-refractivity contribution >= 4 is 11.6 Å². The summed E-state index contributed by atoms with van der Waals surface area (Å²) in [4.78, 5) is 0. The van der Waals surface area contributed by atoms with Crippen LogP contribution in [0.2, 0.25) is 5.02 Å². The largest absolute Gasteiger partial charge is 0.502 e. The molecule has 0 aliphatic heterocycles. The first-order chi connectivity index (χ1) is 9.04. The van der Waals surface area contributed by atoms with Crippen LogP contribution in [-0.2, 0) is 11.2 Å². The van der Waals surface area contributed by atoms with Crippen LogP contribution in [0.15, 0.2) is 31.0 Å². The normalized spacial score (nSPS) is 20.1. The van der Waals surface area contributed by atoms with E-state index in [2.05, 4.69) is 37.9 Å². The third-order valence-electron chi connectivity index (χ3n) is 3.75. The lowest BCUT2D eigenvalue weighted by atomic mass is 9.85. The average molecular weight is 280 g/mol. The highest BCUT2D eigenvalue weighted by atomic mass is 35.5. The molecule has 1 unspecified atom stereocenters. The molecule has 3 heteroatoms. The average Bonchev–Trinajstić information content (AvgIpc) is 2.60. The SMILES string of the molecule is C=COCCCNC1c2cc(Cl)ccc2CC1(C)C. The van der Waals surface area contributed by atoms with Crippen molar-refractivity contribution in [2.45, 2.75) is 32.7 Å². The minimum Gasteiger partial charge on any atom is -0.502 e. The van der Waals surface area contributed by atoms with Crippen molar-refractivity contribution in [2.24, 2.45) is 5.41 Å². The van der Waals surface area contributed by atoms with Crippen molar-refractivity contribution in [3.8, 4) is 0 Å². The number of hydrogen-bond acceptors (Lipinski definition) is 2. The maximum Gasteiger partial charge on any atom is 0.0885 e. The number of benzene rings is 1. The monoisotopic (exact) mass is 279 g/mol. The van der Waals surface area contributed by atoms with Crippen LogP contribution in [0, 0.1) is 5.41 Å². The third-order valence-corrected chi connectivity index (χ3v) is 3.99. The lowest BCUT2D eigenvalue weighted by molar-refractivity contribution is 0.228. The molecule has 0 saturated carbocycles. The zero-order chi connectivity index (χ0) is 13.9. The molecule has 0 saturated heterocycles. The van der Waals surface area contributed by atoms with Crippen molar-refractivity contribution in [2.75, 3.05) is 13.2 Å². The minimum atomic E-state index is 0.228. The number of nitrogens with one attached hydrogen (secondary N) is 1. The van der Waals surface area contributed by atoms with Crippen molar-refractivity contribution in [3.63, 3.8) is 0 Å². The Labute approximate surface area is 120 Å². The fourth-order valence-electron chi connectivity index (χ4n) is 2.88. The standard InChI is InChI=1S/C16H22ClNO/c1-4-19-9-5-8-18-15-14-10-13(17)7-6-12(14)11-16(15,2)3/h4,6-7,10,15,18H,1,5,8-9,11H2,2-3H3. The highest BCUT2D eigenvalue weighted by Crippen LogP contribution is 2.45. The molecule has 1 aromatic carbocycles. The lowest BCUT2D eigenvalue weighted by Crippen LogP contribution is -2.32. The minimum absolute atomic E-state index is 0.228. The van der Waals surface area contributed by atoms with Gasteiger partial charge in [-0.15, -0.1) is 0 Å². The molecule has 0 heterocycles. The molecule has 0 spiro atoms. The van der Waals surface area contributed by atoms with Crippen LogP contribution < -0.4 is 5.32 Å². The molecule has 0 amide bonds. The van der Waals surface area contributed by atoms with Crippen LogP contribution in [0.1, 0.15) is 37.4 Å². The molecule has 2 nitrogen and oxygen atoms in total. The van der Waals surface area contributed by atoms with E-state index in [9.17, 15) is 0 Å². The molecule has 19 heavy (non-hydrogen) atoms. The van der Waals surface area contributed by atoms with Crippen LogP contribution >= 0.6 is 11.6 Å². The molecule has 0 fully saturated rings. The number of ether oxygens (including phenoxy) is 1. The molecular formula is C16H22ClNO. The van der Waals surface area contributed by atoms with Gasteiger partial charge in [-0.1, -0.05) is 38.1 Å². The van der Waals surface area contributed by atoms with Crippen LogP contribution in [-0.4, -0.2) is 13.2 Å². The van der Waals surface area contributed by atoms with E-state index in [1.807, 2.05) is 6.07 Å². The smallest absolute Gasteiger partial charge is 0.0885 e. The Morgan fingerprint density at radius 3 is 3.05 bits per heavy atom. The van der Waals surface area contributed by atoms with Gasteiger partial charge in [0.15, 0.2) is 0 Å². The van der Waals surface area contributed by atoms with Crippen LogP contribution in [0.3, 0.4) is 0 Å². The Bertz CT molecular complexity index is 456. The van der Waals surface area contributed by atoms with E-state index in [1.54, 1.807) is 0 Å². The Balaban J connectivity index is 2.02. The second-order valence-corrected chi connectivity index (χ2v) is 6.22. The summed E-state index contributed by atoms with van der Waals surface area (Å²) in [5, 5.41) is 4.46. The van der Waals surface area contributed by atoms with Crippen molar-refractivity contribution in [1.29, 1.82) is 0 Å². The predicted molar refractivity (Wildman–Crippen MR) is 80.4 cm³/mol. The van der Waals surface area contributed by atoms with Gasteiger partial charge in [0.25, 0.3) is 0 Å². The molecule has 1 aromatic rings. The van der Waals surface area contributed by atoms with Crippen LogP contribution in [0.5, 0.6) is 0 Å². The summed E-state index contributed by atoms with van der Waals surface area (Å²) in [6.45, 7) is 9.80. The zero-order valence-electron chi connectivity index (χ0n) is 11.7. The van der Waals surface area contributed by atoms with Crippen LogP contribution in [0.4, 0.5) is 0 Å². The molecule has 0 aromatic heterocycles. The molecule has 0 radical (unpaired) electrons. The number of rotatable bonds is 6. The van der Waals surface area contributed by atoms with E-state index in [0.29, 0.717) is 12.6 Å². The van der Waals surface area contributed by atoms with E-state index < -0.39 is 0 Å². The third kappa shape index (κ3) is 3.31. The van der Waals surface area contributed by atoms with E-state index in [0.717, 1.165) is 24.4 Å². The zero-order valence-corrected chi connectivity index (χ0v) is 12.5. The van der Waals surface area contributed by atoms with E-state index in [-0.39, 0.29) is 5.41 Å². The van der Waals surface area contributed by atoms with Gasteiger partial charge in [0.1, 0.15) is 0 Å². The molecule has 2 rings (SSSR count). The second-order valence-electron chi connectivity index (χ2n) is 5.79. The van der Waals surface area contributed by atoms with Crippen molar-refractivity contribution in [1.82, 2.24) is 5.32 Å². The molecule has 104 valence electrons. The second kappa shape index (κ2) is 5.98. The lowest BCUT2D eigenvalue weighted by Gasteiger charge is -2.28. The van der Waals surface area contributed by atoms with Crippen molar-refractivity contribution in [3.05, 3.63) is 47.2 Å². The van der Waals surface area contributed by atoms with Gasteiger partial charge in [0, 0.05) is 11.1 Å². The van der Waals surface area contributed by atoms with Crippen LogP contribution in [0.25, 0.3) is 0 Å². The first-order valence-corrected chi connectivity index (χ1v) is 7.16. The van der Waals surface area contributed by atoms with Gasteiger partial charge < -0.3 is 10.1 Å². The summed E-state index contributed by atoms with van der Waals surface area (Å²) in [5.41, 5.74) is 2.99. The van der Waals surface area contributed by atoms with Gasteiger partial charge in [0.2, 0.25) is 0 Å². The molecule has 0 bridgehead atoms. The summed E-state index contributed by atoms with van der Waals surface area (Å²) < 4.78 is 5.14. The van der Waals surface area contributed by atoms with Gasteiger partial charge in [-0.2, -0.15) is 0 Å². The maximum atomic E-state index is 6.13. The van der Waals surface area contributed by atoms with Crippen molar-refractivity contribution < 1.29 is 4.74 Å². The molecule has 1 N–H and O–H groups in total. The number of halogens is 1. The fraction of sp³-hybridized carbons (Fsp3) is 0.500. The molecular weight excluding hydrogens is 258 g/mol. The predicted octanol–water partition coefficient (Wildman–Crippen LogP) is 4.10. The topological polar surface area (TPSA) is 21.3 Å². The van der Waals surface area contributed by atoms with Gasteiger partial charge in [-0.25, -0.2) is 0 Å². The summed E-state index contributed by atoms with van der Waals surface area (Å²) in [7, 11) is 0. The van der Waals surface area contributed by atoms with Gasteiger partial charge in [0.05, 0.1) is 12.9 Å². The van der Waals surface area contributed by atoms with E-state index in [1.165, 1.54) is 17.4 Å². The first kappa shape index (κ1) is 14.4.